The lowest BCUT2D eigenvalue weighted by Gasteiger charge is -2.11. The Kier molecular flexibility index (Phi) is 3.82. The van der Waals surface area contributed by atoms with Gasteiger partial charge in [0, 0.05) is 4.47 Å². The SMILES string of the molecule is Cc1ccc(Br)cc1Oc1c(F)cc(C#N)cc1F. The summed E-state index contributed by atoms with van der Waals surface area (Å²) >= 11 is 3.26. The molecule has 2 rings (SSSR count). The fraction of sp³-hybridized carbons (Fsp3) is 0.0714. The van der Waals surface area contributed by atoms with Crippen LogP contribution >= 0.6 is 15.9 Å². The van der Waals surface area contributed by atoms with Crippen LogP contribution in [0, 0.1) is 29.9 Å². The molecule has 0 saturated heterocycles. The highest BCUT2D eigenvalue weighted by molar-refractivity contribution is 9.10. The number of nitriles is 1. The second kappa shape index (κ2) is 5.37. The predicted molar refractivity (Wildman–Crippen MR) is 70.0 cm³/mol. The maximum absolute atomic E-state index is 13.7. The van der Waals surface area contributed by atoms with Gasteiger partial charge < -0.3 is 4.74 Å². The summed E-state index contributed by atoms with van der Waals surface area (Å²) in [5.74, 6) is -1.98. The van der Waals surface area contributed by atoms with E-state index < -0.39 is 17.4 Å². The van der Waals surface area contributed by atoms with Crippen molar-refractivity contribution < 1.29 is 13.5 Å². The van der Waals surface area contributed by atoms with Crippen LogP contribution in [0.5, 0.6) is 11.5 Å². The van der Waals surface area contributed by atoms with Crippen molar-refractivity contribution in [3.05, 3.63) is 57.6 Å². The highest BCUT2D eigenvalue weighted by Crippen LogP contribution is 2.32. The van der Waals surface area contributed by atoms with Crippen LogP contribution in [-0.4, -0.2) is 0 Å². The summed E-state index contributed by atoms with van der Waals surface area (Å²) in [5, 5.41) is 8.62. The lowest BCUT2D eigenvalue weighted by Crippen LogP contribution is -1.95. The summed E-state index contributed by atoms with van der Waals surface area (Å²) in [5.41, 5.74) is 0.652. The summed E-state index contributed by atoms with van der Waals surface area (Å²) in [6.07, 6.45) is 0. The van der Waals surface area contributed by atoms with E-state index in [1.165, 1.54) is 0 Å². The Hall–Kier alpha value is -1.93. The first-order chi connectivity index (χ1) is 9.01. The number of benzene rings is 2. The third kappa shape index (κ3) is 2.91. The molecule has 0 saturated carbocycles. The van der Waals surface area contributed by atoms with E-state index in [9.17, 15) is 8.78 Å². The number of hydrogen-bond donors (Lipinski definition) is 0. The quantitative estimate of drug-likeness (QED) is 0.802. The molecule has 0 radical (unpaired) electrons. The van der Waals surface area contributed by atoms with Gasteiger partial charge in [0.1, 0.15) is 5.75 Å². The molecule has 0 unspecified atom stereocenters. The van der Waals surface area contributed by atoms with E-state index in [2.05, 4.69) is 15.9 Å². The van der Waals surface area contributed by atoms with Crippen LogP contribution in [0.25, 0.3) is 0 Å². The summed E-state index contributed by atoms with van der Waals surface area (Å²) in [6, 6.07) is 8.73. The van der Waals surface area contributed by atoms with E-state index in [0.717, 1.165) is 22.2 Å². The lowest BCUT2D eigenvalue weighted by molar-refractivity contribution is 0.405. The number of aryl methyl sites for hydroxylation is 1. The van der Waals surface area contributed by atoms with Gasteiger partial charge in [0.2, 0.25) is 0 Å². The zero-order chi connectivity index (χ0) is 14.0. The molecule has 19 heavy (non-hydrogen) atoms. The van der Waals surface area contributed by atoms with E-state index in [0.29, 0.717) is 5.75 Å². The highest BCUT2D eigenvalue weighted by atomic mass is 79.9. The molecule has 0 aromatic heterocycles. The number of hydrogen-bond acceptors (Lipinski definition) is 2. The Morgan fingerprint density at radius 1 is 1.16 bits per heavy atom. The molecule has 5 heteroatoms. The highest BCUT2D eigenvalue weighted by Gasteiger charge is 2.14. The van der Waals surface area contributed by atoms with Crippen molar-refractivity contribution in [2.45, 2.75) is 6.92 Å². The van der Waals surface area contributed by atoms with Gasteiger partial charge in [0.05, 0.1) is 11.6 Å². The zero-order valence-electron chi connectivity index (χ0n) is 9.88. The molecule has 0 N–H and O–H groups in total. The van der Waals surface area contributed by atoms with E-state index in [4.69, 9.17) is 10.00 Å². The van der Waals surface area contributed by atoms with Gasteiger partial charge in [0.15, 0.2) is 17.4 Å². The van der Waals surface area contributed by atoms with Crippen LogP contribution in [0.4, 0.5) is 8.78 Å². The Morgan fingerprint density at radius 3 is 2.37 bits per heavy atom. The van der Waals surface area contributed by atoms with Gasteiger partial charge in [-0.15, -0.1) is 0 Å². The van der Waals surface area contributed by atoms with Crippen molar-refractivity contribution in [2.24, 2.45) is 0 Å². The van der Waals surface area contributed by atoms with E-state index >= 15 is 0 Å². The van der Waals surface area contributed by atoms with Gasteiger partial charge >= 0.3 is 0 Å². The molecule has 0 spiro atoms. The average molecular weight is 324 g/mol. The molecule has 0 atom stereocenters. The number of ether oxygens (including phenoxy) is 1. The number of halogens is 3. The molecule has 0 aliphatic heterocycles. The Morgan fingerprint density at radius 2 is 1.79 bits per heavy atom. The molecule has 96 valence electrons. The molecule has 2 nitrogen and oxygen atoms in total. The van der Waals surface area contributed by atoms with Crippen molar-refractivity contribution >= 4 is 15.9 Å². The van der Waals surface area contributed by atoms with Crippen molar-refractivity contribution in [3.63, 3.8) is 0 Å². The summed E-state index contributed by atoms with van der Waals surface area (Å²) < 4.78 is 33.4. The standard InChI is InChI=1S/C14H8BrF2NO/c1-8-2-3-10(15)6-13(8)19-14-11(16)4-9(7-18)5-12(14)17/h2-6H,1H3. The first kappa shape index (κ1) is 13.5. The number of nitrogens with zero attached hydrogens (tertiary/aromatic N) is 1. The Balaban J connectivity index is 2.44. The maximum Gasteiger partial charge on any atom is 0.198 e. The van der Waals surface area contributed by atoms with Crippen LogP contribution in [0.3, 0.4) is 0 Å². The third-order valence-electron chi connectivity index (χ3n) is 2.49. The van der Waals surface area contributed by atoms with Crippen LogP contribution < -0.4 is 4.74 Å². The van der Waals surface area contributed by atoms with Crippen LogP contribution in [0.15, 0.2) is 34.8 Å². The normalized spacial score (nSPS) is 10.1. The molecule has 0 amide bonds. The van der Waals surface area contributed by atoms with Gasteiger partial charge in [-0.25, -0.2) is 8.78 Å². The first-order valence-electron chi connectivity index (χ1n) is 5.34. The van der Waals surface area contributed by atoms with E-state index in [-0.39, 0.29) is 5.56 Å². The molecule has 0 heterocycles. The van der Waals surface area contributed by atoms with Crippen LogP contribution in [0.1, 0.15) is 11.1 Å². The fourth-order valence-electron chi connectivity index (χ4n) is 1.52. The third-order valence-corrected chi connectivity index (χ3v) is 2.98. The second-order valence-corrected chi connectivity index (χ2v) is 4.81. The van der Waals surface area contributed by atoms with Gasteiger partial charge in [-0.05, 0) is 36.8 Å². The van der Waals surface area contributed by atoms with Crippen molar-refractivity contribution in [1.29, 1.82) is 5.26 Å². The van der Waals surface area contributed by atoms with Gasteiger partial charge in [-0.2, -0.15) is 5.26 Å². The maximum atomic E-state index is 13.7. The lowest BCUT2D eigenvalue weighted by atomic mass is 10.2. The Labute approximate surface area is 117 Å². The van der Waals surface area contributed by atoms with Crippen LogP contribution in [0.2, 0.25) is 0 Å². The molecule has 2 aromatic rings. The second-order valence-electron chi connectivity index (χ2n) is 3.89. The van der Waals surface area contributed by atoms with E-state index in [1.807, 2.05) is 0 Å². The van der Waals surface area contributed by atoms with Gasteiger partial charge in [-0.1, -0.05) is 22.0 Å². The predicted octanol–water partition coefficient (Wildman–Crippen LogP) is 4.70. The fourth-order valence-corrected chi connectivity index (χ4v) is 1.86. The molecular weight excluding hydrogens is 316 g/mol. The van der Waals surface area contributed by atoms with Gasteiger partial charge in [-0.3, -0.25) is 0 Å². The minimum absolute atomic E-state index is 0.0895. The summed E-state index contributed by atoms with van der Waals surface area (Å²) in [6.45, 7) is 1.77. The monoisotopic (exact) mass is 323 g/mol. The molecule has 0 aliphatic carbocycles. The zero-order valence-corrected chi connectivity index (χ0v) is 11.5. The van der Waals surface area contributed by atoms with Crippen molar-refractivity contribution in [1.82, 2.24) is 0 Å². The Bertz CT molecular complexity index is 657. The molecule has 0 aliphatic rings. The van der Waals surface area contributed by atoms with Crippen LogP contribution in [-0.2, 0) is 0 Å². The summed E-state index contributed by atoms with van der Waals surface area (Å²) in [4.78, 5) is 0. The minimum Gasteiger partial charge on any atom is -0.451 e. The smallest absolute Gasteiger partial charge is 0.198 e. The minimum atomic E-state index is -0.907. The molecule has 0 bridgehead atoms. The number of rotatable bonds is 2. The first-order valence-corrected chi connectivity index (χ1v) is 6.13. The largest absolute Gasteiger partial charge is 0.451 e. The molecule has 0 fully saturated rings. The van der Waals surface area contributed by atoms with E-state index in [1.54, 1.807) is 31.2 Å². The average Bonchev–Trinajstić information content (AvgIpc) is 2.37. The molecular formula is C14H8BrF2NO. The van der Waals surface area contributed by atoms with Crippen molar-refractivity contribution in [3.8, 4) is 17.6 Å². The van der Waals surface area contributed by atoms with Gasteiger partial charge in [0.25, 0.3) is 0 Å². The summed E-state index contributed by atoms with van der Waals surface area (Å²) in [7, 11) is 0. The van der Waals surface area contributed by atoms with Crippen molar-refractivity contribution in [2.75, 3.05) is 0 Å². The topological polar surface area (TPSA) is 33.0 Å². The molecule has 2 aromatic carbocycles.